The summed E-state index contributed by atoms with van der Waals surface area (Å²) in [5.74, 6) is 2.27. The normalized spacial score (nSPS) is 12.7. The number of nitrogens with one attached hydrogen (secondary N) is 2. The maximum absolute atomic E-state index is 13.8. The number of amides is 3. The number of rotatable bonds is 13. The maximum atomic E-state index is 13.8. The minimum atomic E-state index is -1.07. The molecular formula is C26H39N3O5S. The van der Waals surface area contributed by atoms with E-state index in [9.17, 15) is 19.5 Å². The van der Waals surface area contributed by atoms with Gasteiger partial charge >= 0.3 is 6.09 Å². The standard InChI is InChI=1S/C26H39N3O5S/c1-7-9-15-27-23(31)22(20-13-11-10-12-19(20)8-2)29(16-17-30)24(32)21(14-18-35-6)28-25(33)34-26(3,4)5/h2,10-13,21-22,30H,7,9,14-18H2,1,3-6H3,(H,27,31)(H,28,33). The molecule has 1 aromatic rings. The van der Waals surface area contributed by atoms with Crippen molar-refractivity contribution in [1.82, 2.24) is 15.5 Å². The number of nitrogens with zero attached hydrogens (tertiary/aromatic N) is 1. The summed E-state index contributed by atoms with van der Waals surface area (Å²) >= 11 is 1.53. The van der Waals surface area contributed by atoms with E-state index in [4.69, 9.17) is 11.2 Å². The van der Waals surface area contributed by atoms with Gasteiger partial charge in [0.1, 0.15) is 17.7 Å². The van der Waals surface area contributed by atoms with E-state index < -0.39 is 35.6 Å². The van der Waals surface area contributed by atoms with Crippen molar-refractivity contribution < 1.29 is 24.2 Å². The SMILES string of the molecule is C#Cc1ccccc1C(C(=O)NCCCC)N(CCO)C(=O)C(CCSC)NC(=O)OC(C)(C)C. The first-order valence-corrected chi connectivity index (χ1v) is 13.2. The van der Waals surface area contributed by atoms with Gasteiger partial charge in [-0.2, -0.15) is 11.8 Å². The molecule has 0 aliphatic carbocycles. The van der Waals surface area contributed by atoms with E-state index in [1.54, 1.807) is 45.0 Å². The molecule has 1 aromatic carbocycles. The number of hydrogen-bond acceptors (Lipinski definition) is 6. The van der Waals surface area contributed by atoms with Crippen LogP contribution in [0.25, 0.3) is 0 Å². The van der Waals surface area contributed by atoms with Gasteiger partial charge < -0.3 is 25.4 Å². The Morgan fingerprint density at radius 3 is 2.51 bits per heavy atom. The third-order valence-corrected chi connectivity index (χ3v) is 5.67. The van der Waals surface area contributed by atoms with E-state index in [2.05, 4.69) is 16.6 Å². The average Bonchev–Trinajstić information content (AvgIpc) is 2.80. The molecule has 0 radical (unpaired) electrons. The van der Waals surface area contributed by atoms with E-state index in [1.165, 1.54) is 16.7 Å². The van der Waals surface area contributed by atoms with Crippen LogP contribution in [0.4, 0.5) is 4.79 Å². The molecule has 2 unspecified atom stereocenters. The van der Waals surface area contributed by atoms with Gasteiger partial charge in [-0.1, -0.05) is 37.5 Å². The molecule has 0 aromatic heterocycles. The third kappa shape index (κ3) is 10.2. The van der Waals surface area contributed by atoms with E-state index in [0.717, 1.165) is 12.8 Å². The summed E-state index contributed by atoms with van der Waals surface area (Å²) in [5.41, 5.74) is 0.210. The maximum Gasteiger partial charge on any atom is 0.408 e. The fourth-order valence-electron chi connectivity index (χ4n) is 3.42. The zero-order chi connectivity index (χ0) is 26.4. The summed E-state index contributed by atoms with van der Waals surface area (Å²) < 4.78 is 5.35. The summed E-state index contributed by atoms with van der Waals surface area (Å²) in [6.45, 7) is 7.17. The fraction of sp³-hybridized carbons (Fsp3) is 0.577. The summed E-state index contributed by atoms with van der Waals surface area (Å²) in [5, 5.41) is 15.4. The van der Waals surface area contributed by atoms with Gasteiger partial charge in [-0.15, -0.1) is 6.42 Å². The van der Waals surface area contributed by atoms with Crippen molar-refractivity contribution in [2.45, 2.75) is 64.6 Å². The van der Waals surface area contributed by atoms with Crippen molar-refractivity contribution in [2.75, 3.05) is 31.7 Å². The highest BCUT2D eigenvalue weighted by Crippen LogP contribution is 2.26. The first-order chi connectivity index (χ1) is 16.6. The van der Waals surface area contributed by atoms with Crippen molar-refractivity contribution in [3.8, 4) is 12.3 Å². The highest BCUT2D eigenvalue weighted by Gasteiger charge is 2.36. The lowest BCUT2D eigenvalue weighted by molar-refractivity contribution is -0.143. The molecule has 194 valence electrons. The molecule has 2 atom stereocenters. The number of benzene rings is 1. The summed E-state index contributed by atoms with van der Waals surface area (Å²) in [4.78, 5) is 41.0. The number of unbranched alkanes of at least 4 members (excludes halogenated alkanes) is 1. The lowest BCUT2D eigenvalue weighted by Crippen LogP contribution is -2.54. The van der Waals surface area contributed by atoms with Crippen molar-refractivity contribution in [3.05, 3.63) is 35.4 Å². The molecule has 35 heavy (non-hydrogen) atoms. The second-order valence-corrected chi connectivity index (χ2v) is 10.00. The Balaban J connectivity index is 3.43. The predicted molar refractivity (Wildman–Crippen MR) is 140 cm³/mol. The lowest BCUT2D eigenvalue weighted by Gasteiger charge is -2.34. The van der Waals surface area contributed by atoms with Gasteiger partial charge in [0.2, 0.25) is 11.8 Å². The van der Waals surface area contributed by atoms with Gasteiger partial charge in [-0.3, -0.25) is 9.59 Å². The van der Waals surface area contributed by atoms with Gasteiger partial charge in [0.25, 0.3) is 0 Å². The fourth-order valence-corrected chi connectivity index (χ4v) is 3.89. The van der Waals surface area contributed by atoms with Gasteiger partial charge in [-0.05, 0) is 57.3 Å². The molecule has 3 N–H and O–H groups in total. The number of aliphatic hydroxyl groups excluding tert-OH is 1. The predicted octanol–water partition coefficient (Wildman–Crippen LogP) is 3.09. The van der Waals surface area contributed by atoms with E-state index in [1.807, 2.05) is 13.2 Å². The molecule has 0 bridgehead atoms. The van der Waals surface area contributed by atoms with Crippen molar-refractivity contribution in [3.63, 3.8) is 0 Å². The van der Waals surface area contributed by atoms with Gasteiger partial charge in [0, 0.05) is 18.7 Å². The van der Waals surface area contributed by atoms with Crippen LogP contribution in [-0.4, -0.2) is 71.3 Å². The monoisotopic (exact) mass is 505 g/mol. The number of aliphatic hydroxyl groups is 1. The van der Waals surface area contributed by atoms with Crippen LogP contribution in [-0.2, 0) is 14.3 Å². The minimum absolute atomic E-state index is 0.116. The largest absolute Gasteiger partial charge is 0.444 e. The quantitative estimate of drug-likeness (QED) is 0.281. The molecule has 0 aliphatic rings. The van der Waals surface area contributed by atoms with Crippen LogP contribution in [0, 0.1) is 12.3 Å². The molecule has 0 fully saturated rings. The van der Waals surface area contributed by atoms with E-state index >= 15 is 0 Å². The van der Waals surface area contributed by atoms with E-state index in [0.29, 0.717) is 29.8 Å². The van der Waals surface area contributed by atoms with Gasteiger partial charge in [0.05, 0.1) is 6.61 Å². The summed E-state index contributed by atoms with van der Waals surface area (Å²) in [7, 11) is 0. The Bertz CT molecular complexity index is 878. The highest BCUT2D eigenvalue weighted by molar-refractivity contribution is 7.98. The molecule has 1 rings (SSSR count). The number of alkyl carbamates (subject to hydrolysis) is 1. The Hall–Kier alpha value is -2.70. The zero-order valence-corrected chi connectivity index (χ0v) is 22.2. The first-order valence-electron chi connectivity index (χ1n) is 11.8. The van der Waals surface area contributed by atoms with Crippen LogP contribution in [0.1, 0.15) is 64.1 Å². The van der Waals surface area contributed by atoms with E-state index in [-0.39, 0.29) is 13.2 Å². The lowest BCUT2D eigenvalue weighted by atomic mass is 9.97. The summed E-state index contributed by atoms with van der Waals surface area (Å²) in [6, 6.07) is 4.88. The molecule has 0 aliphatic heterocycles. The van der Waals surface area contributed by atoms with Crippen LogP contribution in [0.2, 0.25) is 0 Å². The minimum Gasteiger partial charge on any atom is -0.444 e. The number of carbonyl (C=O) groups excluding carboxylic acids is 3. The van der Waals surface area contributed by atoms with Crippen molar-refractivity contribution in [2.24, 2.45) is 0 Å². The van der Waals surface area contributed by atoms with Crippen LogP contribution in [0.15, 0.2) is 24.3 Å². The van der Waals surface area contributed by atoms with Crippen LogP contribution >= 0.6 is 11.8 Å². The number of carbonyl (C=O) groups is 3. The van der Waals surface area contributed by atoms with Crippen LogP contribution in [0.5, 0.6) is 0 Å². The second kappa shape index (κ2) is 15.3. The highest BCUT2D eigenvalue weighted by atomic mass is 32.2. The third-order valence-electron chi connectivity index (χ3n) is 5.02. The van der Waals surface area contributed by atoms with Crippen LogP contribution in [0.3, 0.4) is 0 Å². The molecular weight excluding hydrogens is 466 g/mol. The molecule has 0 spiro atoms. The molecule has 9 heteroatoms. The molecule has 0 saturated heterocycles. The molecule has 8 nitrogen and oxygen atoms in total. The summed E-state index contributed by atoms with van der Waals surface area (Å²) in [6.07, 6.45) is 8.86. The second-order valence-electron chi connectivity index (χ2n) is 9.01. The number of hydrogen-bond donors (Lipinski definition) is 3. The molecule has 0 heterocycles. The first kappa shape index (κ1) is 30.3. The Kier molecular flexibility index (Phi) is 13.3. The van der Waals surface area contributed by atoms with Crippen LogP contribution < -0.4 is 10.6 Å². The van der Waals surface area contributed by atoms with Crippen molar-refractivity contribution >= 4 is 29.7 Å². The van der Waals surface area contributed by atoms with Gasteiger partial charge in [0.15, 0.2) is 0 Å². The average molecular weight is 506 g/mol. The molecule has 3 amide bonds. The number of terminal acetylenes is 1. The number of ether oxygens (including phenoxy) is 1. The zero-order valence-electron chi connectivity index (χ0n) is 21.4. The Labute approximate surface area is 213 Å². The number of thioether (sulfide) groups is 1. The topological polar surface area (TPSA) is 108 Å². The van der Waals surface area contributed by atoms with Crippen molar-refractivity contribution in [1.29, 1.82) is 0 Å². The van der Waals surface area contributed by atoms with Gasteiger partial charge in [-0.25, -0.2) is 4.79 Å². The Morgan fingerprint density at radius 2 is 1.94 bits per heavy atom. The Morgan fingerprint density at radius 1 is 1.26 bits per heavy atom. The molecule has 0 saturated carbocycles. The smallest absolute Gasteiger partial charge is 0.408 e.